The standard InChI is InChI=1S/C24H31N3O3/c1-3-15-27(17-24(29)26-21-12-6-7-14-22(21)30-2)16-23(28)25-20-13-8-10-18-9-4-5-11-19(18)20/h4-7,9,11-12,14,20H,3,8,10,13,15-17H2,1-2H3,(H,25,28)(H,26,29)/t20-/m0/s1. The fourth-order valence-electron chi connectivity index (χ4n) is 4.02. The Morgan fingerprint density at radius 3 is 2.60 bits per heavy atom. The Bertz CT molecular complexity index is 868. The third-order valence-electron chi connectivity index (χ3n) is 5.36. The van der Waals surface area contributed by atoms with Gasteiger partial charge in [0.25, 0.3) is 0 Å². The van der Waals surface area contributed by atoms with E-state index in [0.717, 1.165) is 25.7 Å². The molecule has 1 aliphatic rings. The van der Waals surface area contributed by atoms with Crippen LogP contribution in [-0.4, -0.2) is 43.5 Å². The summed E-state index contributed by atoms with van der Waals surface area (Å²) in [4.78, 5) is 27.2. The van der Waals surface area contributed by atoms with Crippen molar-refractivity contribution < 1.29 is 14.3 Å². The maximum Gasteiger partial charge on any atom is 0.238 e. The molecule has 0 fully saturated rings. The second kappa shape index (κ2) is 10.8. The molecule has 2 aromatic carbocycles. The topological polar surface area (TPSA) is 70.7 Å². The predicted octanol–water partition coefficient (Wildman–Crippen LogP) is 3.54. The van der Waals surface area contributed by atoms with Crippen molar-refractivity contribution in [3.8, 4) is 5.75 Å². The van der Waals surface area contributed by atoms with Crippen LogP contribution < -0.4 is 15.4 Å². The van der Waals surface area contributed by atoms with Crippen LogP contribution in [0.15, 0.2) is 48.5 Å². The highest BCUT2D eigenvalue weighted by Crippen LogP contribution is 2.29. The zero-order valence-corrected chi connectivity index (χ0v) is 17.8. The number of amides is 2. The second-order valence-corrected chi connectivity index (χ2v) is 7.67. The molecule has 0 bridgehead atoms. The van der Waals surface area contributed by atoms with Crippen molar-refractivity contribution in [1.82, 2.24) is 10.2 Å². The van der Waals surface area contributed by atoms with Crippen molar-refractivity contribution in [3.63, 3.8) is 0 Å². The van der Waals surface area contributed by atoms with Crippen LogP contribution in [0, 0.1) is 0 Å². The number of carbonyl (C=O) groups is 2. The number of anilines is 1. The highest BCUT2D eigenvalue weighted by molar-refractivity contribution is 5.94. The molecule has 1 atom stereocenters. The maximum absolute atomic E-state index is 12.7. The monoisotopic (exact) mass is 409 g/mol. The number of methoxy groups -OCH3 is 1. The third-order valence-corrected chi connectivity index (χ3v) is 5.36. The fourth-order valence-corrected chi connectivity index (χ4v) is 4.02. The van der Waals surface area contributed by atoms with Crippen molar-refractivity contribution in [3.05, 3.63) is 59.7 Å². The Labute approximate surface area is 178 Å². The number of aryl methyl sites for hydroxylation is 1. The molecule has 6 nitrogen and oxygen atoms in total. The summed E-state index contributed by atoms with van der Waals surface area (Å²) in [6.45, 7) is 3.07. The van der Waals surface area contributed by atoms with E-state index in [1.807, 2.05) is 36.1 Å². The summed E-state index contributed by atoms with van der Waals surface area (Å²) in [5.74, 6) is 0.403. The van der Waals surface area contributed by atoms with E-state index in [1.165, 1.54) is 11.1 Å². The Morgan fingerprint density at radius 2 is 1.80 bits per heavy atom. The molecule has 1 aliphatic carbocycles. The van der Waals surface area contributed by atoms with Crippen LogP contribution in [0.4, 0.5) is 5.69 Å². The number of fused-ring (bicyclic) bond motifs is 1. The van der Waals surface area contributed by atoms with Gasteiger partial charge in [-0.15, -0.1) is 0 Å². The first-order valence-corrected chi connectivity index (χ1v) is 10.6. The first kappa shape index (κ1) is 21.8. The van der Waals surface area contributed by atoms with Gasteiger partial charge >= 0.3 is 0 Å². The minimum atomic E-state index is -0.163. The van der Waals surface area contributed by atoms with Crippen molar-refractivity contribution in [2.45, 2.75) is 38.6 Å². The lowest BCUT2D eigenvalue weighted by molar-refractivity contribution is -0.124. The quantitative estimate of drug-likeness (QED) is 0.665. The lowest BCUT2D eigenvalue weighted by Gasteiger charge is -2.28. The largest absolute Gasteiger partial charge is 0.495 e. The summed E-state index contributed by atoms with van der Waals surface area (Å²) in [7, 11) is 1.57. The maximum atomic E-state index is 12.7. The number of hydrogen-bond acceptors (Lipinski definition) is 4. The summed E-state index contributed by atoms with van der Waals surface area (Å²) in [5, 5.41) is 6.05. The van der Waals surface area contributed by atoms with Gasteiger partial charge in [-0.2, -0.15) is 0 Å². The van der Waals surface area contributed by atoms with E-state index in [1.54, 1.807) is 19.2 Å². The summed E-state index contributed by atoms with van der Waals surface area (Å²) < 4.78 is 5.28. The number of hydrogen-bond donors (Lipinski definition) is 2. The van der Waals surface area contributed by atoms with Gasteiger partial charge in [0.2, 0.25) is 11.8 Å². The van der Waals surface area contributed by atoms with E-state index < -0.39 is 0 Å². The molecule has 6 heteroatoms. The van der Waals surface area contributed by atoms with Gasteiger partial charge in [0, 0.05) is 0 Å². The zero-order valence-electron chi connectivity index (χ0n) is 17.8. The molecule has 0 aliphatic heterocycles. The normalized spacial score (nSPS) is 15.4. The number of nitrogens with zero attached hydrogens (tertiary/aromatic N) is 1. The lowest BCUT2D eigenvalue weighted by atomic mass is 9.88. The van der Waals surface area contributed by atoms with Crippen LogP contribution >= 0.6 is 0 Å². The fraction of sp³-hybridized carbons (Fsp3) is 0.417. The molecule has 0 radical (unpaired) electrons. The Balaban J connectivity index is 1.57. The van der Waals surface area contributed by atoms with Gasteiger partial charge in [-0.05, 0) is 55.5 Å². The van der Waals surface area contributed by atoms with Gasteiger partial charge in [-0.1, -0.05) is 43.3 Å². The number of carbonyl (C=O) groups excluding carboxylic acids is 2. The Kier molecular flexibility index (Phi) is 7.85. The molecule has 0 aromatic heterocycles. The van der Waals surface area contributed by atoms with Crippen LogP contribution in [0.3, 0.4) is 0 Å². The molecule has 0 spiro atoms. The number of rotatable bonds is 9. The highest BCUT2D eigenvalue weighted by atomic mass is 16.5. The van der Waals surface area contributed by atoms with Gasteiger partial charge in [0.15, 0.2) is 0 Å². The molecular formula is C24H31N3O3. The highest BCUT2D eigenvalue weighted by Gasteiger charge is 2.22. The molecule has 0 saturated heterocycles. The van der Waals surface area contributed by atoms with Crippen molar-refractivity contribution in [2.24, 2.45) is 0 Å². The van der Waals surface area contributed by atoms with Crippen molar-refractivity contribution in [1.29, 1.82) is 0 Å². The average Bonchev–Trinajstić information content (AvgIpc) is 2.74. The number of ether oxygens (including phenoxy) is 1. The first-order valence-electron chi connectivity index (χ1n) is 10.6. The lowest BCUT2D eigenvalue weighted by Crippen LogP contribution is -2.43. The minimum Gasteiger partial charge on any atom is -0.495 e. The number of benzene rings is 2. The van der Waals surface area contributed by atoms with Crippen LogP contribution in [0.1, 0.15) is 43.4 Å². The molecule has 0 heterocycles. The average molecular weight is 410 g/mol. The van der Waals surface area contributed by atoms with E-state index >= 15 is 0 Å². The third kappa shape index (κ3) is 5.83. The Morgan fingerprint density at radius 1 is 1.07 bits per heavy atom. The number of para-hydroxylation sites is 2. The van der Waals surface area contributed by atoms with E-state index in [2.05, 4.69) is 22.8 Å². The molecule has 2 aromatic rings. The smallest absolute Gasteiger partial charge is 0.238 e. The summed E-state index contributed by atoms with van der Waals surface area (Å²) in [5.41, 5.74) is 3.16. The van der Waals surface area contributed by atoms with Crippen molar-refractivity contribution in [2.75, 3.05) is 32.1 Å². The van der Waals surface area contributed by atoms with Crippen LogP contribution in [0.25, 0.3) is 0 Å². The summed E-state index contributed by atoms with van der Waals surface area (Å²) >= 11 is 0. The molecule has 3 rings (SSSR count). The van der Waals surface area contributed by atoms with Gasteiger partial charge in [0.1, 0.15) is 5.75 Å². The molecular weight excluding hydrogens is 378 g/mol. The predicted molar refractivity (Wildman–Crippen MR) is 119 cm³/mol. The number of nitrogens with one attached hydrogen (secondary N) is 2. The van der Waals surface area contributed by atoms with Crippen LogP contribution in [-0.2, 0) is 16.0 Å². The molecule has 160 valence electrons. The zero-order chi connectivity index (χ0) is 21.3. The van der Waals surface area contributed by atoms with E-state index in [9.17, 15) is 9.59 Å². The molecule has 0 unspecified atom stereocenters. The van der Waals surface area contributed by atoms with Crippen LogP contribution in [0.5, 0.6) is 5.75 Å². The molecule has 30 heavy (non-hydrogen) atoms. The molecule has 0 saturated carbocycles. The second-order valence-electron chi connectivity index (χ2n) is 7.67. The van der Waals surface area contributed by atoms with Gasteiger partial charge < -0.3 is 15.4 Å². The summed E-state index contributed by atoms with van der Waals surface area (Å²) in [6.07, 6.45) is 3.95. The Hall–Kier alpha value is -2.86. The van der Waals surface area contributed by atoms with Gasteiger partial charge in [-0.3, -0.25) is 14.5 Å². The minimum absolute atomic E-state index is 0.0461. The van der Waals surface area contributed by atoms with E-state index in [0.29, 0.717) is 18.0 Å². The molecule has 2 amide bonds. The van der Waals surface area contributed by atoms with Crippen LogP contribution in [0.2, 0.25) is 0 Å². The SMILES string of the molecule is CCCN(CC(=O)Nc1ccccc1OC)CC(=O)N[C@H]1CCCc2ccccc21. The van der Waals surface area contributed by atoms with E-state index in [-0.39, 0.29) is 30.9 Å². The van der Waals surface area contributed by atoms with Crippen molar-refractivity contribution >= 4 is 17.5 Å². The van der Waals surface area contributed by atoms with E-state index in [4.69, 9.17) is 4.74 Å². The first-order chi connectivity index (χ1) is 14.6. The van der Waals surface area contributed by atoms with Gasteiger partial charge in [-0.25, -0.2) is 0 Å². The van der Waals surface area contributed by atoms with Gasteiger partial charge in [0.05, 0.1) is 31.9 Å². The summed E-state index contributed by atoms with van der Waals surface area (Å²) in [6, 6.07) is 15.7. The molecule has 2 N–H and O–H groups in total.